The summed E-state index contributed by atoms with van der Waals surface area (Å²) in [7, 11) is 0. The van der Waals surface area contributed by atoms with E-state index >= 15 is 4.39 Å². The molecule has 0 aliphatic carbocycles. The molecule has 12 nitrogen and oxygen atoms in total. The number of benzene rings is 2. The highest BCUT2D eigenvalue weighted by molar-refractivity contribution is 7.18. The standard InChI is InChI=1S/C29H33FN6O6S/c1-14-31-26(36(35-14)18-12-11-17-25(20(18)30)43-15(2)32-17)24-22(37)21(33-34-28(38)42-29(3,4)5)23-19(40-24)13-39-27(41-23)16-9-7-6-8-10-16/h6-12,19,21-24,27,33,37H,13H2,1-5H3,(H,34,38)/t19-,21-,22-,23+,24-,27?/m1/s1. The summed E-state index contributed by atoms with van der Waals surface area (Å²) in [5, 5.41) is 16.9. The number of nitrogens with zero attached hydrogens (tertiary/aromatic N) is 4. The van der Waals surface area contributed by atoms with Crippen LogP contribution in [0.1, 0.15) is 55.4 Å². The third-order valence-electron chi connectivity index (χ3n) is 7.03. The van der Waals surface area contributed by atoms with Crippen LogP contribution in [0.15, 0.2) is 42.5 Å². The molecule has 0 bridgehead atoms. The number of fused-ring (bicyclic) bond motifs is 2. The van der Waals surface area contributed by atoms with E-state index in [1.165, 1.54) is 16.0 Å². The molecule has 2 aliphatic heterocycles. The van der Waals surface area contributed by atoms with Gasteiger partial charge in [-0.25, -0.2) is 29.3 Å². The van der Waals surface area contributed by atoms with E-state index in [-0.39, 0.29) is 18.1 Å². The Morgan fingerprint density at radius 2 is 1.91 bits per heavy atom. The fraction of sp³-hybridized carbons (Fsp3) is 0.448. The smallest absolute Gasteiger partial charge is 0.422 e. The van der Waals surface area contributed by atoms with Gasteiger partial charge in [0.25, 0.3) is 0 Å². The van der Waals surface area contributed by atoms with Crippen molar-refractivity contribution in [3.63, 3.8) is 0 Å². The van der Waals surface area contributed by atoms with Crippen molar-refractivity contribution < 1.29 is 33.2 Å². The minimum atomic E-state index is -1.33. The Labute approximate surface area is 251 Å². The molecule has 43 heavy (non-hydrogen) atoms. The quantitative estimate of drug-likeness (QED) is 0.284. The van der Waals surface area contributed by atoms with Gasteiger partial charge in [-0.2, -0.15) is 5.10 Å². The van der Waals surface area contributed by atoms with Crippen LogP contribution in [0.3, 0.4) is 0 Å². The molecule has 1 amide bonds. The maximum Gasteiger partial charge on any atom is 0.422 e. The Hall–Kier alpha value is -3.53. The second-order valence-corrected chi connectivity index (χ2v) is 12.7. The van der Waals surface area contributed by atoms with Crippen molar-refractivity contribution in [2.24, 2.45) is 0 Å². The number of aryl methyl sites for hydroxylation is 2. The van der Waals surface area contributed by atoms with Crippen molar-refractivity contribution in [1.29, 1.82) is 0 Å². The third kappa shape index (κ3) is 5.98. The number of ether oxygens (including phenoxy) is 4. The lowest BCUT2D eigenvalue weighted by atomic mass is 9.91. The summed E-state index contributed by atoms with van der Waals surface area (Å²) in [6.07, 6.45) is -5.33. The Morgan fingerprint density at radius 1 is 1.14 bits per heavy atom. The van der Waals surface area contributed by atoms with E-state index in [1.54, 1.807) is 39.8 Å². The molecule has 14 heteroatoms. The molecule has 3 N–H and O–H groups in total. The van der Waals surface area contributed by atoms with Gasteiger partial charge < -0.3 is 24.1 Å². The topological polar surface area (TPSA) is 142 Å². The molecular formula is C29H33FN6O6S. The average molecular weight is 613 g/mol. The lowest BCUT2D eigenvalue weighted by Crippen LogP contribution is -2.66. The highest BCUT2D eigenvalue weighted by Gasteiger charge is 2.51. The summed E-state index contributed by atoms with van der Waals surface area (Å²) in [4.78, 5) is 21.4. The number of halogens is 1. The predicted molar refractivity (Wildman–Crippen MR) is 154 cm³/mol. The molecule has 4 aromatic rings. The van der Waals surface area contributed by atoms with Crippen LogP contribution in [0.2, 0.25) is 0 Å². The van der Waals surface area contributed by atoms with Crippen molar-refractivity contribution in [2.45, 2.75) is 77.0 Å². The van der Waals surface area contributed by atoms with E-state index in [4.69, 9.17) is 18.9 Å². The average Bonchev–Trinajstić information content (AvgIpc) is 3.54. The van der Waals surface area contributed by atoms with Crippen molar-refractivity contribution in [1.82, 2.24) is 30.6 Å². The molecule has 2 aromatic heterocycles. The maximum atomic E-state index is 15.8. The van der Waals surface area contributed by atoms with Crippen LogP contribution in [0.4, 0.5) is 9.18 Å². The van der Waals surface area contributed by atoms with E-state index in [2.05, 4.69) is 25.9 Å². The summed E-state index contributed by atoms with van der Waals surface area (Å²) >= 11 is 1.24. The van der Waals surface area contributed by atoms with Gasteiger partial charge in [-0.15, -0.1) is 11.3 Å². The van der Waals surface area contributed by atoms with Gasteiger partial charge in [0.2, 0.25) is 0 Å². The second-order valence-electron chi connectivity index (χ2n) is 11.5. The largest absolute Gasteiger partial charge is 0.443 e. The van der Waals surface area contributed by atoms with Gasteiger partial charge in [-0.3, -0.25) is 5.43 Å². The summed E-state index contributed by atoms with van der Waals surface area (Å²) in [6, 6.07) is 11.8. The van der Waals surface area contributed by atoms with Crippen LogP contribution in [-0.4, -0.2) is 67.5 Å². The number of hydrazine groups is 1. The van der Waals surface area contributed by atoms with E-state index < -0.39 is 54.3 Å². The molecule has 6 atom stereocenters. The number of rotatable bonds is 5. The number of aromatic nitrogens is 4. The molecule has 0 radical (unpaired) electrons. The van der Waals surface area contributed by atoms with Crippen LogP contribution >= 0.6 is 11.3 Å². The highest BCUT2D eigenvalue weighted by Crippen LogP contribution is 2.39. The number of carbonyl (C=O) groups is 1. The van der Waals surface area contributed by atoms with Gasteiger partial charge in [0, 0.05) is 5.56 Å². The normalized spacial score (nSPS) is 25.8. The van der Waals surface area contributed by atoms with Gasteiger partial charge in [-0.1, -0.05) is 30.3 Å². The second kappa shape index (κ2) is 11.5. The predicted octanol–water partition coefficient (Wildman–Crippen LogP) is 3.95. The Bertz CT molecular complexity index is 1620. The molecule has 1 unspecified atom stereocenters. The van der Waals surface area contributed by atoms with Crippen molar-refractivity contribution >= 4 is 27.6 Å². The number of hydrogen-bond acceptors (Lipinski definition) is 11. The summed E-state index contributed by atoms with van der Waals surface area (Å²) < 4.78 is 41.5. The molecule has 2 aliphatic rings. The minimum absolute atomic E-state index is 0.117. The summed E-state index contributed by atoms with van der Waals surface area (Å²) in [5.41, 5.74) is 6.15. The lowest BCUT2D eigenvalue weighted by molar-refractivity contribution is -0.313. The number of hydrogen-bond donors (Lipinski definition) is 3. The fourth-order valence-corrected chi connectivity index (χ4v) is 6.11. The third-order valence-corrected chi connectivity index (χ3v) is 8.01. The van der Waals surface area contributed by atoms with Crippen molar-refractivity contribution in [3.8, 4) is 5.69 Å². The van der Waals surface area contributed by atoms with Crippen LogP contribution in [0.25, 0.3) is 15.9 Å². The van der Waals surface area contributed by atoms with Crippen LogP contribution in [0.5, 0.6) is 0 Å². The Balaban J connectivity index is 1.34. The molecule has 6 rings (SSSR count). The summed E-state index contributed by atoms with van der Waals surface area (Å²) in [5.74, 6) is 0.0236. The zero-order chi connectivity index (χ0) is 30.5. The molecule has 2 aromatic carbocycles. The minimum Gasteiger partial charge on any atom is -0.443 e. The van der Waals surface area contributed by atoms with E-state index in [9.17, 15) is 9.90 Å². The van der Waals surface area contributed by atoms with Gasteiger partial charge >= 0.3 is 6.09 Å². The maximum absolute atomic E-state index is 15.8. The Morgan fingerprint density at radius 3 is 2.65 bits per heavy atom. The van der Waals surface area contributed by atoms with E-state index in [0.717, 1.165) is 10.6 Å². The number of carbonyl (C=O) groups excluding carboxylic acids is 1. The molecule has 2 fully saturated rings. The lowest BCUT2D eigenvalue weighted by Gasteiger charge is -2.48. The molecule has 0 saturated carbocycles. The van der Waals surface area contributed by atoms with E-state index in [0.29, 0.717) is 16.0 Å². The summed E-state index contributed by atoms with van der Waals surface area (Å²) in [6.45, 7) is 8.83. The first-order valence-corrected chi connectivity index (χ1v) is 14.7. The molecule has 4 heterocycles. The number of thiazole rings is 1. The number of nitrogens with one attached hydrogen (secondary N) is 2. The van der Waals surface area contributed by atoms with Gasteiger partial charge in [0.1, 0.15) is 41.5 Å². The van der Waals surface area contributed by atoms with Gasteiger partial charge in [-0.05, 0) is 46.8 Å². The van der Waals surface area contributed by atoms with Gasteiger partial charge in [0.05, 0.1) is 27.9 Å². The zero-order valence-electron chi connectivity index (χ0n) is 24.3. The van der Waals surface area contributed by atoms with E-state index in [1.807, 2.05) is 37.3 Å². The fourth-order valence-electron chi connectivity index (χ4n) is 5.26. The zero-order valence-corrected chi connectivity index (χ0v) is 25.1. The SMILES string of the molecule is Cc1nc([C@@H]2O[C@@H]3COC(c4ccccc4)O[C@@H]3[C@H](NNC(=O)OC(C)(C)C)[C@H]2O)n(-c2ccc3nc(C)sc3c2F)n1. The first-order chi connectivity index (χ1) is 20.5. The number of amides is 1. The molecular weight excluding hydrogens is 579 g/mol. The number of aliphatic hydroxyl groups excluding tert-OH is 1. The monoisotopic (exact) mass is 612 g/mol. The molecule has 228 valence electrons. The van der Waals surface area contributed by atoms with Gasteiger partial charge in [0.15, 0.2) is 17.9 Å². The highest BCUT2D eigenvalue weighted by atomic mass is 32.1. The molecule has 2 saturated heterocycles. The van der Waals surface area contributed by atoms with Crippen molar-refractivity contribution in [3.05, 3.63) is 70.5 Å². The Kier molecular flexibility index (Phi) is 7.91. The number of aliphatic hydroxyl groups is 1. The van der Waals surface area contributed by atoms with Crippen LogP contribution in [0, 0.1) is 19.7 Å². The first-order valence-electron chi connectivity index (χ1n) is 13.9. The first kappa shape index (κ1) is 29.5. The van der Waals surface area contributed by atoms with Crippen LogP contribution in [-0.2, 0) is 18.9 Å². The van der Waals surface area contributed by atoms with Crippen LogP contribution < -0.4 is 10.9 Å². The molecule has 0 spiro atoms. The van der Waals surface area contributed by atoms with Crippen molar-refractivity contribution in [2.75, 3.05) is 6.61 Å².